The average molecular weight is 186 g/mol. The summed E-state index contributed by atoms with van der Waals surface area (Å²) in [6, 6.07) is 0. The third-order valence-electron chi connectivity index (χ3n) is 1.66. The Bertz CT molecular complexity index is 161. The molecule has 3 heteroatoms. The summed E-state index contributed by atoms with van der Waals surface area (Å²) in [5.41, 5.74) is 0.177. The minimum absolute atomic E-state index is 0.164. The van der Waals surface area contributed by atoms with E-state index in [4.69, 9.17) is 0 Å². The topological polar surface area (TPSA) is 32.3 Å². The van der Waals surface area contributed by atoms with Crippen molar-refractivity contribution in [3.63, 3.8) is 0 Å². The molecule has 78 valence electrons. The summed E-state index contributed by atoms with van der Waals surface area (Å²) in [7, 11) is 1.85. The summed E-state index contributed by atoms with van der Waals surface area (Å²) >= 11 is 0. The minimum atomic E-state index is 0.164. The van der Waals surface area contributed by atoms with E-state index in [0.29, 0.717) is 6.54 Å². The molecule has 0 heterocycles. The number of likely N-dealkylation sites (N-methyl/N-ethyl adjacent to an activating group) is 2. The Hall–Kier alpha value is -0.570. The maximum absolute atomic E-state index is 11.4. The van der Waals surface area contributed by atoms with E-state index >= 15 is 0 Å². The van der Waals surface area contributed by atoms with Gasteiger partial charge in [-0.1, -0.05) is 27.7 Å². The molecule has 0 bridgehead atoms. The number of hydrogen-bond acceptors (Lipinski definition) is 2. The molecule has 1 N–H and O–H groups in total. The molecule has 0 aliphatic heterocycles. The molecular weight excluding hydrogens is 164 g/mol. The van der Waals surface area contributed by atoms with Gasteiger partial charge in [0.25, 0.3) is 0 Å². The first kappa shape index (κ1) is 12.4. The highest BCUT2D eigenvalue weighted by Crippen LogP contribution is 2.13. The van der Waals surface area contributed by atoms with Gasteiger partial charge in [0.05, 0.1) is 6.54 Å². The molecular formula is C10H22N2O. The van der Waals surface area contributed by atoms with Crippen LogP contribution in [0.3, 0.4) is 0 Å². The van der Waals surface area contributed by atoms with Crippen molar-refractivity contribution >= 4 is 5.91 Å². The van der Waals surface area contributed by atoms with Crippen molar-refractivity contribution in [2.45, 2.75) is 27.7 Å². The van der Waals surface area contributed by atoms with Gasteiger partial charge in [0.2, 0.25) is 5.91 Å². The summed E-state index contributed by atoms with van der Waals surface area (Å²) in [4.78, 5) is 13.2. The van der Waals surface area contributed by atoms with E-state index in [1.165, 1.54) is 0 Å². The highest BCUT2D eigenvalue weighted by molar-refractivity contribution is 5.77. The maximum Gasteiger partial charge on any atom is 0.236 e. The Balaban J connectivity index is 3.83. The van der Waals surface area contributed by atoms with E-state index < -0.39 is 0 Å². The second-order valence-corrected chi connectivity index (χ2v) is 4.59. The lowest BCUT2D eigenvalue weighted by Crippen LogP contribution is -2.39. The normalized spacial score (nSPS) is 11.5. The number of rotatable bonds is 4. The summed E-state index contributed by atoms with van der Waals surface area (Å²) in [6.45, 7) is 10.5. The number of carbonyl (C=O) groups is 1. The zero-order valence-electron chi connectivity index (χ0n) is 9.48. The molecule has 0 unspecified atom stereocenters. The van der Waals surface area contributed by atoms with Crippen LogP contribution in [0.25, 0.3) is 0 Å². The number of nitrogens with one attached hydrogen (secondary N) is 1. The van der Waals surface area contributed by atoms with Gasteiger partial charge in [-0.25, -0.2) is 0 Å². The molecule has 0 aromatic heterocycles. The second kappa shape index (κ2) is 5.22. The molecule has 0 aliphatic carbocycles. The Morgan fingerprint density at radius 2 is 1.92 bits per heavy atom. The molecule has 3 nitrogen and oxygen atoms in total. The molecule has 0 rings (SSSR count). The van der Waals surface area contributed by atoms with Crippen molar-refractivity contribution in [1.82, 2.24) is 10.2 Å². The molecule has 0 aromatic rings. The molecule has 0 radical (unpaired) electrons. The third-order valence-corrected chi connectivity index (χ3v) is 1.66. The first-order chi connectivity index (χ1) is 5.87. The fourth-order valence-corrected chi connectivity index (χ4v) is 1.17. The molecule has 0 spiro atoms. The first-order valence-electron chi connectivity index (χ1n) is 4.81. The molecule has 0 atom stereocenters. The number of nitrogens with zero attached hydrogens (tertiary/aromatic N) is 1. The van der Waals surface area contributed by atoms with Crippen LogP contribution in [0.15, 0.2) is 0 Å². The summed E-state index contributed by atoms with van der Waals surface area (Å²) in [5.74, 6) is 0.164. The summed E-state index contributed by atoms with van der Waals surface area (Å²) in [5, 5.41) is 3.02. The smallest absolute Gasteiger partial charge is 0.236 e. The second-order valence-electron chi connectivity index (χ2n) is 4.59. The minimum Gasteiger partial charge on any atom is -0.344 e. The van der Waals surface area contributed by atoms with Crippen LogP contribution in [-0.4, -0.2) is 37.5 Å². The highest BCUT2D eigenvalue weighted by atomic mass is 16.2. The lowest BCUT2D eigenvalue weighted by molar-refractivity contribution is -0.130. The first-order valence-corrected chi connectivity index (χ1v) is 4.81. The van der Waals surface area contributed by atoms with Crippen LogP contribution in [0.1, 0.15) is 27.7 Å². The maximum atomic E-state index is 11.4. The SMILES string of the molecule is CCNCC(=O)N(C)CC(C)(C)C. The molecule has 0 fully saturated rings. The Kier molecular flexibility index (Phi) is 4.99. The van der Waals surface area contributed by atoms with Gasteiger partial charge in [-0.05, 0) is 12.0 Å². The third kappa shape index (κ3) is 6.58. The number of hydrogen-bond donors (Lipinski definition) is 1. The Morgan fingerprint density at radius 3 is 2.31 bits per heavy atom. The zero-order valence-corrected chi connectivity index (χ0v) is 9.48. The molecule has 0 aromatic carbocycles. The molecule has 0 aliphatic rings. The fraction of sp³-hybridized carbons (Fsp3) is 0.900. The van der Waals surface area contributed by atoms with Gasteiger partial charge in [-0.3, -0.25) is 4.79 Å². The van der Waals surface area contributed by atoms with Crippen LogP contribution < -0.4 is 5.32 Å². The van der Waals surface area contributed by atoms with Crippen LogP contribution in [0.4, 0.5) is 0 Å². The van der Waals surface area contributed by atoms with E-state index in [9.17, 15) is 4.79 Å². The lowest BCUT2D eigenvalue weighted by Gasteiger charge is -2.26. The molecule has 13 heavy (non-hydrogen) atoms. The fourth-order valence-electron chi connectivity index (χ4n) is 1.17. The van der Waals surface area contributed by atoms with Crippen molar-refractivity contribution in [2.24, 2.45) is 5.41 Å². The average Bonchev–Trinajstić information content (AvgIpc) is 1.96. The number of carbonyl (C=O) groups excluding carboxylic acids is 1. The Labute approximate surface area is 81.5 Å². The van der Waals surface area contributed by atoms with Crippen LogP contribution in [-0.2, 0) is 4.79 Å². The van der Waals surface area contributed by atoms with Crippen LogP contribution in [0, 0.1) is 5.41 Å². The molecule has 0 saturated heterocycles. The van der Waals surface area contributed by atoms with Crippen molar-refractivity contribution in [3.8, 4) is 0 Å². The molecule has 1 amide bonds. The predicted molar refractivity (Wildman–Crippen MR) is 55.6 cm³/mol. The summed E-state index contributed by atoms with van der Waals surface area (Å²) in [6.07, 6.45) is 0. The van der Waals surface area contributed by atoms with Gasteiger partial charge >= 0.3 is 0 Å². The van der Waals surface area contributed by atoms with Gasteiger partial charge < -0.3 is 10.2 Å². The highest BCUT2D eigenvalue weighted by Gasteiger charge is 2.16. The summed E-state index contributed by atoms with van der Waals surface area (Å²) < 4.78 is 0. The van der Waals surface area contributed by atoms with Gasteiger partial charge in [-0.15, -0.1) is 0 Å². The van der Waals surface area contributed by atoms with E-state index in [2.05, 4.69) is 26.1 Å². The standard InChI is InChI=1S/C10H22N2O/c1-6-11-7-9(13)12(5)8-10(2,3)4/h11H,6-8H2,1-5H3. The van der Waals surface area contributed by atoms with Gasteiger partial charge in [0, 0.05) is 13.6 Å². The number of amides is 1. The monoisotopic (exact) mass is 186 g/mol. The van der Waals surface area contributed by atoms with Crippen LogP contribution >= 0.6 is 0 Å². The molecule has 0 saturated carbocycles. The lowest BCUT2D eigenvalue weighted by atomic mass is 9.96. The van der Waals surface area contributed by atoms with Crippen molar-refractivity contribution in [1.29, 1.82) is 0 Å². The van der Waals surface area contributed by atoms with E-state index in [1.54, 1.807) is 4.90 Å². The van der Waals surface area contributed by atoms with Gasteiger partial charge in [0.1, 0.15) is 0 Å². The predicted octanol–water partition coefficient (Wildman–Crippen LogP) is 1.10. The largest absolute Gasteiger partial charge is 0.344 e. The van der Waals surface area contributed by atoms with E-state index in [0.717, 1.165) is 13.1 Å². The van der Waals surface area contributed by atoms with Crippen molar-refractivity contribution in [2.75, 3.05) is 26.7 Å². The zero-order chi connectivity index (χ0) is 10.5. The van der Waals surface area contributed by atoms with Crippen molar-refractivity contribution in [3.05, 3.63) is 0 Å². The quantitative estimate of drug-likeness (QED) is 0.713. The van der Waals surface area contributed by atoms with E-state index in [1.807, 2.05) is 14.0 Å². The van der Waals surface area contributed by atoms with Crippen molar-refractivity contribution < 1.29 is 4.79 Å². The van der Waals surface area contributed by atoms with E-state index in [-0.39, 0.29) is 11.3 Å². The van der Waals surface area contributed by atoms with Crippen LogP contribution in [0.2, 0.25) is 0 Å². The van der Waals surface area contributed by atoms with Gasteiger partial charge in [0.15, 0.2) is 0 Å². The van der Waals surface area contributed by atoms with Crippen LogP contribution in [0.5, 0.6) is 0 Å². The van der Waals surface area contributed by atoms with Gasteiger partial charge in [-0.2, -0.15) is 0 Å². The Morgan fingerprint density at radius 1 is 1.38 bits per heavy atom.